The number of hydrogen-bond donors (Lipinski definition) is 1. The Balaban J connectivity index is 2.19. The molecule has 0 aromatic heterocycles. The summed E-state index contributed by atoms with van der Waals surface area (Å²) in [5, 5.41) is 14.5. The number of hydrogen-bond acceptors (Lipinski definition) is 6. The van der Waals surface area contributed by atoms with Gasteiger partial charge in [0.2, 0.25) is 0 Å². The van der Waals surface area contributed by atoms with Gasteiger partial charge in [-0.15, -0.1) is 0 Å². The van der Waals surface area contributed by atoms with Crippen molar-refractivity contribution < 1.29 is 18.5 Å². The molecular weight excluding hydrogens is 487 g/mol. The van der Waals surface area contributed by atoms with Crippen LogP contribution in [-0.4, -0.2) is 18.1 Å². The van der Waals surface area contributed by atoms with Gasteiger partial charge in [0, 0.05) is 17.8 Å². The van der Waals surface area contributed by atoms with Crippen LogP contribution in [0, 0.1) is 10.1 Å². The lowest BCUT2D eigenvalue weighted by Gasteiger charge is -2.29. The second kappa shape index (κ2) is 18.1. The lowest BCUT2D eigenvalue weighted by Crippen LogP contribution is -2.16. The maximum atomic E-state index is 14.4. The monoisotopic (exact) mass is 532 g/mol. The van der Waals surface area contributed by atoms with E-state index < -0.39 is 18.3 Å². The van der Waals surface area contributed by atoms with Gasteiger partial charge < -0.3 is 14.4 Å². The molecule has 206 valence electrons. The molecule has 0 radical (unpaired) electrons. The molecule has 1 unspecified atom stereocenters. The zero-order valence-electron chi connectivity index (χ0n) is 22.6. The highest BCUT2D eigenvalue weighted by molar-refractivity contribution is 7.54. The van der Waals surface area contributed by atoms with Crippen LogP contribution in [0.25, 0.3) is 0 Å². The van der Waals surface area contributed by atoms with Gasteiger partial charge in [-0.2, -0.15) is 0 Å². The Kier molecular flexibility index (Phi) is 15.2. The number of para-hydroxylation sites is 1. The summed E-state index contributed by atoms with van der Waals surface area (Å²) in [5.74, 6) is -0.782. The highest BCUT2D eigenvalue weighted by Gasteiger charge is 2.38. The van der Waals surface area contributed by atoms with Crippen molar-refractivity contribution in [3.8, 4) is 0 Å². The minimum atomic E-state index is -3.66. The second-order valence-electron chi connectivity index (χ2n) is 9.50. The van der Waals surface area contributed by atoms with E-state index in [-0.39, 0.29) is 5.69 Å². The Morgan fingerprint density at radius 2 is 1.24 bits per heavy atom. The molecule has 37 heavy (non-hydrogen) atoms. The summed E-state index contributed by atoms with van der Waals surface area (Å²) in [7, 11) is -3.66. The first-order chi connectivity index (χ1) is 18.0. The van der Waals surface area contributed by atoms with E-state index in [1.54, 1.807) is 12.1 Å². The van der Waals surface area contributed by atoms with Gasteiger partial charge in [0.25, 0.3) is 5.69 Å². The Morgan fingerprint density at radius 3 is 1.73 bits per heavy atom. The van der Waals surface area contributed by atoms with E-state index in [4.69, 9.17) is 9.05 Å². The smallest absolute Gasteiger partial charge is 0.357 e. The van der Waals surface area contributed by atoms with E-state index in [9.17, 15) is 14.7 Å². The maximum Gasteiger partial charge on any atom is 0.357 e. The molecule has 0 aliphatic rings. The molecule has 0 fully saturated rings. The molecule has 0 aliphatic carbocycles. The number of unbranched alkanes of at least 4 members (excludes halogenated alkanes) is 10. The molecule has 0 aliphatic heterocycles. The number of rotatable bonds is 21. The van der Waals surface area contributed by atoms with Gasteiger partial charge in [0.05, 0.1) is 18.1 Å². The molecule has 0 heterocycles. The minimum absolute atomic E-state index is 0.0157. The summed E-state index contributed by atoms with van der Waals surface area (Å²) in [4.78, 5) is 10.8. The second-order valence-corrected chi connectivity index (χ2v) is 11.6. The lowest BCUT2D eigenvalue weighted by atomic mass is 10.1. The van der Waals surface area contributed by atoms with Crippen LogP contribution in [0.5, 0.6) is 0 Å². The largest absolute Gasteiger partial charge is 0.368 e. The summed E-state index contributed by atoms with van der Waals surface area (Å²) in [5.41, 5.74) is 1.39. The normalized spacial score (nSPS) is 12.4. The number of nitro groups is 1. The van der Waals surface area contributed by atoms with Crippen molar-refractivity contribution in [3.05, 3.63) is 70.3 Å². The van der Waals surface area contributed by atoms with E-state index in [0.29, 0.717) is 18.8 Å². The van der Waals surface area contributed by atoms with Crippen LogP contribution in [0.3, 0.4) is 0 Å². The average Bonchev–Trinajstić information content (AvgIpc) is 2.91. The van der Waals surface area contributed by atoms with Crippen LogP contribution in [0.4, 0.5) is 11.4 Å². The quantitative estimate of drug-likeness (QED) is 0.0745. The van der Waals surface area contributed by atoms with Crippen LogP contribution >= 0.6 is 7.60 Å². The van der Waals surface area contributed by atoms with E-state index in [1.165, 1.54) is 50.7 Å². The summed E-state index contributed by atoms with van der Waals surface area (Å²) < 4.78 is 26.5. The minimum Gasteiger partial charge on any atom is -0.368 e. The molecule has 2 aromatic carbocycles. The SMILES string of the molecule is CCCCCCCCOP(=O)(OCCCCCCCC)C(Nc1ccccc1)c1ccc([N+](=O)[O-])cc1. The topological polar surface area (TPSA) is 90.7 Å². The van der Waals surface area contributed by atoms with Crippen molar-refractivity contribution in [2.24, 2.45) is 0 Å². The third-order valence-corrected chi connectivity index (χ3v) is 8.50. The summed E-state index contributed by atoms with van der Waals surface area (Å²) in [6, 6.07) is 15.6. The fraction of sp³-hybridized carbons (Fsp3) is 0.586. The van der Waals surface area contributed by atoms with E-state index in [2.05, 4.69) is 19.2 Å². The van der Waals surface area contributed by atoms with Crippen molar-refractivity contribution in [1.82, 2.24) is 0 Å². The van der Waals surface area contributed by atoms with Crippen LogP contribution in [0.1, 0.15) is 102 Å². The molecule has 2 aromatic rings. The van der Waals surface area contributed by atoms with Crippen molar-refractivity contribution in [2.45, 2.75) is 96.7 Å². The molecule has 0 saturated carbocycles. The molecular formula is C29H45N2O5P. The molecule has 0 bridgehead atoms. The van der Waals surface area contributed by atoms with Gasteiger partial charge in [-0.3, -0.25) is 14.7 Å². The van der Waals surface area contributed by atoms with E-state index >= 15 is 0 Å². The Labute approximate surface area is 223 Å². The van der Waals surface area contributed by atoms with E-state index in [0.717, 1.165) is 44.2 Å². The standard InChI is InChI=1S/C29H45N2O5P/c1-3-5-7-9-11-16-24-35-37(34,36-25-17-12-10-8-6-4-2)29(30-27-18-14-13-15-19-27)26-20-22-28(23-21-26)31(32)33/h13-15,18-23,29-30H,3-12,16-17,24-25H2,1-2H3. The zero-order valence-corrected chi connectivity index (χ0v) is 23.5. The van der Waals surface area contributed by atoms with Crippen LogP contribution in [-0.2, 0) is 13.6 Å². The van der Waals surface area contributed by atoms with Crippen LogP contribution in [0.15, 0.2) is 54.6 Å². The lowest BCUT2D eigenvalue weighted by molar-refractivity contribution is -0.384. The van der Waals surface area contributed by atoms with Gasteiger partial charge in [0.1, 0.15) is 0 Å². The highest BCUT2D eigenvalue weighted by atomic mass is 31.2. The molecule has 2 rings (SSSR count). The highest BCUT2D eigenvalue weighted by Crippen LogP contribution is 2.61. The number of nitrogens with zero attached hydrogens (tertiary/aromatic N) is 1. The van der Waals surface area contributed by atoms with Gasteiger partial charge in [-0.05, 0) is 42.7 Å². The zero-order chi connectivity index (χ0) is 26.8. The first-order valence-corrected chi connectivity index (χ1v) is 15.6. The molecule has 0 amide bonds. The first-order valence-electron chi connectivity index (χ1n) is 13.9. The van der Waals surface area contributed by atoms with E-state index in [1.807, 2.05) is 30.3 Å². The molecule has 8 heteroatoms. The fourth-order valence-electron chi connectivity index (χ4n) is 4.15. The third kappa shape index (κ3) is 11.8. The predicted molar refractivity (Wildman–Crippen MR) is 152 cm³/mol. The van der Waals surface area contributed by atoms with Gasteiger partial charge in [0.15, 0.2) is 5.78 Å². The summed E-state index contributed by atoms with van der Waals surface area (Å²) in [6.07, 6.45) is 13.2. The van der Waals surface area contributed by atoms with Crippen molar-refractivity contribution in [3.63, 3.8) is 0 Å². The van der Waals surface area contributed by atoms with Crippen LogP contribution in [0.2, 0.25) is 0 Å². The van der Waals surface area contributed by atoms with Crippen molar-refractivity contribution in [2.75, 3.05) is 18.5 Å². The molecule has 0 spiro atoms. The Hall–Kier alpha value is -2.21. The summed E-state index contributed by atoms with van der Waals surface area (Å²) in [6.45, 7) is 5.08. The van der Waals surface area contributed by atoms with Gasteiger partial charge in [-0.25, -0.2) is 0 Å². The number of nitro benzene ring substituents is 1. The Morgan fingerprint density at radius 1 is 0.757 bits per heavy atom. The number of benzene rings is 2. The Bertz CT molecular complexity index is 902. The van der Waals surface area contributed by atoms with Gasteiger partial charge in [-0.1, -0.05) is 96.3 Å². The molecule has 1 N–H and O–H groups in total. The summed E-state index contributed by atoms with van der Waals surface area (Å²) >= 11 is 0. The van der Waals surface area contributed by atoms with Crippen molar-refractivity contribution >= 4 is 19.0 Å². The first kappa shape index (κ1) is 31.0. The number of non-ortho nitro benzene ring substituents is 1. The van der Waals surface area contributed by atoms with Gasteiger partial charge >= 0.3 is 7.60 Å². The molecule has 1 atom stereocenters. The van der Waals surface area contributed by atoms with Crippen molar-refractivity contribution in [1.29, 1.82) is 0 Å². The van der Waals surface area contributed by atoms with Crippen LogP contribution < -0.4 is 5.32 Å². The fourth-order valence-corrected chi connectivity index (χ4v) is 6.13. The number of anilines is 1. The average molecular weight is 533 g/mol. The molecule has 7 nitrogen and oxygen atoms in total. The molecule has 0 saturated heterocycles. The third-order valence-electron chi connectivity index (χ3n) is 6.35. The maximum absolute atomic E-state index is 14.4. The predicted octanol–water partition coefficient (Wildman–Crippen LogP) is 9.65. The number of nitrogens with one attached hydrogen (secondary N) is 1.